The van der Waals surface area contributed by atoms with Crippen molar-refractivity contribution in [2.24, 2.45) is 5.10 Å². The van der Waals surface area contributed by atoms with Crippen LogP contribution in [0.2, 0.25) is 0 Å². The van der Waals surface area contributed by atoms with Crippen LogP contribution in [0.5, 0.6) is 0 Å². The Morgan fingerprint density at radius 1 is 1.03 bits per heavy atom. The SMILES string of the molecule is CC(=O)N1N=C(c2ccc(NS(=O)(=O)c3ccccc3)cc2)CC1c1ccccc1[N+](=O)[O-]. The lowest BCUT2D eigenvalue weighted by Crippen LogP contribution is -2.24. The normalized spacial score (nSPS) is 15.7. The van der Waals surface area contributed by atoms with Crippen molar-refractivity contribution in [1.82, 2.24) is 5.01 Å². The van der Waals surface area contributed by atoms with Crippen LogP contribution in [-0.4, -0.2) is 30.0 Å². The van der Waals surface area contributed by atoms with Crippen LogP contribution in [0.15, 0.2) is 88.9 Å². The van der Waals surface area contributed by atoms with Gasteiger partial charge in [0.05, 0.1) is 27.1 Å². The summed E-state index contributed by atoms with van der Waals surface area (Å²) in [4.78, 5) is 23.4. The van der Waals surface area contributed by atoms with E-state index in [1.807, 2.05) is 0 Å². The van der Waals surface area contributed by atoms with Gasteiger partial charge in [0.1, 0.15) is 0 Å². The predicted octanol–water partition coefficient (Wildman–Crippen LogP) is 4.09. The average molecular weight is 465 g/mol. The highest BCUT2D eigenvalue weighted by molar-refractivity contribution is 7.92. The second-order valence-electron chi connectivity index (χ2n) is 7.44. The summed E-state index contributed by atoms with van der Waals surface area (Å²) in [6.45, 7) is 1.36. The number of para-hydroxylation sites is 1. The Bertz CT molecular complexity index is 1340. The van der Waals surface area contributed by atoms with Crippen molar-refractivity contribution in [1.29, 1.82) is 0 Å². The first-order chi connectivity index (χ1) is 15.8. The van der Waals surface area contributed by atoms with Crippen molar-refractivity contribution >= 4 is 33.0 Å². The summed E-state index contributed by atoms with van der Waals surface area (Å²) in [6, 6.07) is 20.3. The van der Waals surface area contributed by atoms with Crippen LogP contribution >= 0.6 is 0 Å². The standard InChI is InChI=1S/C23H20N4O5S/c1-16(28)26-23(20-9-5-6-10-22(20)27(29)30)15-21(24-26)17-11-13-18(14-12-17)25-33(31,32)19-7-3-2-4-8-19/h2-14,23,25H,15H2,1H3. The topological polar surface area (TPSA) is 122 Å². The summed E-state index contributed by atoms with van der Waals surface area (Å²) in [5.41, 5.74) is 1.97. The molecule has 1 aliphatic heterocycles. The quantitative estimate of drug-likeness (QED) is 0.435. The summed E-state index contributed by atoms with van der Waals surface area (Å²) in [5.74, 6) is -0.333. The van der Waals surface area contributed by atoms with Gasteiger partial charge in [-0.05, 0) is 35.9 Å². The van der Waals surface area contributed by atoms with E-state index < -0.39 is 21.0 Å². The average Bonchev–Trinajstić information content (AvgIpc) is 3.26. The van der Waals surface area contributed by atoms with Crippen LogP contribution < -0.4 is 4.72 Å². The second kappa shape index (κ2) is 8.83. The number of anilines is 1. The predicted molar refractivity (Wildman–Crippen MR) is 123 cm³/mol. The highest BCUT2D eigenvalue weighted by atomic mass is 32.2. The molecule has 0 fully saturated rings. The maximum atomic E-state index is 12.5. The van der Waals surface area contributed by atoms with Crippen LogP contribution in [0.1, 0.15) is 30.5 Å². The molecule has 3 aromatic rings. The number of nitrogens with one attached hydrogen (secondary N) is 1. The maximum absolute atomic E-state index is 12.5. The van der Waals surface area contributed by atoms with E-state index in [0.717, 1.165) is 0 Å². The molecule has 33 heavy (non-hydrogen) atoms. The number of rotatable bonds is 6. The lowest BCUT2D eigenvalue weighted by Gasteiger charge is -2.20. The minimum absolute atomic E-state index is 0.0733. The van der Waals surface area contributed by atoms with Gasteiger partial charge in [-0.15, -0.1) is 0 Å². The van der Waals surface area contributed by atoms with Crippen molar-refractivity contribution in [2.45, 2.75) is 24.3 Å². The molecule has 10 heteroatoms. The van der Waals surface area contributed by atoms with E-state index in [1.165, 1.54) is 30.1 Å². The van der Waals surface area contributed by atoms with Crippen LogP contribution in [0.3, 0.4) is 0 Å². The van der Waals surface area contributed by atoms with Gasteiger partial charge in [0, 0.05) is 25.1 Å². The number of benzene rings is 3. The van der Waals surface area contributed by atoms with Gasteiger partial charge in [-0.25, -0.2) is 13.4 Å². The largest absolute Gasteiger partial charge is 0.280 e. The first-order valence-electron chi connectivity index (χ1n) is 10.0. The van der Waals surface area contributed by atoms with E-state index >= 15 is 0 Å². The van der Waals surface area contributed by atoms with Crippen molar-refractivity contribution in [3.05, 3.63) is 100 Å². The number of nitro groups is 1. The Balaban J connectivity index is 1.58. The van der Waals surface area contributed by atoms with Gasteiger partial charge in [0.2, 0.25) is 5.91 Å². The van der Waals surface area contributed by atoms with Crippen LogP contribution in [0, 0.1) is 10.1 Å². The van der Waals surface area contributed by atoms with Crippen molar-refractivity contribution in [2.75, 3.05) is 4.72 Å². The molecule has 1 unspecified atom stereocenters. The third kappa shape index (κ3) is 4.60. The number of nitrogens with zero attached hydrogens (tertiary/aromatic N) is 3. The summed E-state index contributed by atoms with van der Waals surface area (Å²) in [6.07, 6.45) is 0.291. The molecule has 0 radical (unpaired) electrons. The summed E-state index contributed by atoms with van der Waals surface area (Å²) in [7, 11) is -3.72. The van der Waals surface area contributed by atoms with E-state index in [4.69, 9.17) is 0 Å². The molecule has 0 saturated heterocycles. The van der Waals surface area contributed by atoms with E-state index in [1.54, 1.807) is 60.7 Å². The first-order valence-corrected chi connectivity index (χ1v) is 11.5. The van der Waals surface area contributed by atoms with Gasteiger partial charge in [0.25, 0.3) is 15.7 Å². The fourth-order valence-corrected chi connectivity index (χ4v) is 4.78. The Morgan fingerprint density at radius 2 is 1.67 bits per heavy atom. The molecule has 1 N–H and O–H groups in total. The zero-order valence-corrected chi connectivity index (χ0v) is 18.4. The Hall–Kier alpha value is -4.05. The summed E-state index contributed by atoms with van der Waals surface area (Å²) < 4.78 is 27.6. The monoisotopic (exact) mass is 464 g/mol. The molecule has 1 atom stereocenters. The number of hydrogen-bond acceptors (Lipinski definition) is 6. The molecule has 1 amide bonds. The van der Waals surface area contributed by atoms with Gasteiger partial charge in [0.15, 0.2) is 0 Å². The number of nitro benzene ring substituents is 1. The number of carbonyl (C=O) groups excluding carboxylic acids is 1. The van der Waals surface area contributed by atoms with E-state index in [9.17, 15) is 23.3 Å². The van der Waals surface area contributed by atoms with Crippen LogP contribution in [-0.2, 0) is 14.8 Å². The van der Waals surface area contributed by atoms with Crippen molar-refractivity contribution in [3.63, 3.8) is 0 Å². The molecular weight excluding hydrogens is 444 g/mol. The number of sulfonamides is 1. The first kappa shape index (κ1) is 22.2. The zero-order valence-electron chi connectivity index (χ0n) is 17.6. The molecule has 1 aliphatic rings. The molecule has 168 valence electrons. The van der Waals surface area contributed by atoms with E-state index in [2.05, 4.69) is 9.82 Å². The van der Waals surface area contributed by atoms with Gasteiger partial charge in [-0.1, -0.05) is 42.5 Å². The van der Waals surface area contributed by atoms with Gasteiger partial charge in [-0.2, -0.15) is 5.10 Å². The molecular formula is C23H20N4O5S. The molecule has 0 aromatic heterocycles. The lowest BCUT2D eigenvalue weighted by atomic mass is 9.97. The van der Waals surface area contributed by atoms with E-state index in [0.29, 0.717) is 28.9 Å². The highest BCUT2D eigenvalue weighted by Crippen LogP contribution is 2.37. The Labute approximate surface area is 190 Å². The Kier molecular flexibility index (Phi) is 5.93. The molecule has 1 heterocycles. The number of hydrazone groups is 1. The summed E-state index contributed by atoms with van der Waals surface area (Å²) >= 11 is 0. The molecule has 0 saturated carbocycles. The minimum Gasteiger partial charge on any atom is -0.280 e. The zero-order chi connectivity index (χ0) is 23.6. The van der Waals surface area contributed by atoms with E-state index in [-0.39, 0.29) is 16.5 Å². The third-order valence-corrected chi connectivity index (χ3v) is 6.65. The van der Waals surface area contributed by atoms with Gasteiger partial charge >= 0.3 is 0 Å². The molecule has 9 nitrogen and oxygen atoms in total. The molecule has 3 aromatic carbocycles. The molecule has 0 aliphatic carbocycles. The fourth-order valence-electron chi connectivity index (χ4n) is 3.70. The number of carbonyl (C=O) groups is 1. The smallest absolute Gasteiger partial charge is 0.274 e. The molecule has 0 spiro atoms. The van der Waals surface area contributed by atoms with Gasteiger partial charge < -0.3 is 0 Å². The third-order valence-electron chi connectivity index (χ3n) is 5.25. The van der Waals surface area contributed by atoms with Crippen LogP contribution in [0.25, 0.3) is 0 Å². The second-order valence-corrected chi connectivity index (χ2v) is 9.12. The minimum atomic E-state index is -3.72. The Morgan fingerprint density at radius 3 is 2.30 bits per heavy atom. The molecule has 0 bridgehead atoms. The fraction of sp³-hybridized carbons (Fsp3) is 0.130. The van der Waals surface area contributed by atoms with Crippen molar-refractivity contribution < 1.29 is 18.1 Å². The molecule has 4 rings (SSSR count). The number of hydrogen-bond donors (Lipinski definition) is 1. The highest BCUT2D eigenvalue weighted by Gasteiger charge is 2.35. The maximum Gasteiger partial charge on any atom is 0.274 e. The summed E-state index contributed by atoms with van der Waals surface area (Å²) in [5, 5.41) is 17.1. The van der Waals surface area contributed by atoms with Crippen molar-refractivity contribution in [3.8, 4) is 0 Å². The van der Waals surface area contributed by atoms with Crippen LogP contribution in [0.4, 0.5) is 11.4 Å². The van der Waals surface area contributed by atoms with Gasteiger partial charge in [-0.3, -0.25) is 19.6 Å². The number of amides is 1. The lowest BCUT2D eigenvalue weighted by molar-refractivity contribution is -0.385.